The number of hydrogen-bond donors (Lipinski definition) is 0. The third-order valence-corrected chi connectivity index (χ3v) is 4.35. The fourth-order valence-corrected chi connectivity index (χ4v) is 2.57. The Labute approximate surface area is 149 Å². The van der Waals surface area contributed by atoms with E-state index in [-0.39, 0.29) is 5.91 Å². The van der Waals surface area contributed by atoms with Gasteiger partial charge < -0.3 is 4.90 Å². The van der Waals surface area contributed by atoms with Crippen molar-refractivity contribution in [3.8, 4) is 0 Å². The fraction of sp³-hybridized carbons (Fsp3) is 0.211. The summed E-state index contributed by atoms with van der Waals surface area (Å²) in [5.74, 6) is -0.214. The minimum Gasteiger partial charge on any atom is -0.338 e. The van der Waals surface area contributed by atoms with Crippen LogP contribution in [0.5, 0.6) is 0 Å². The lowest BCUT2D eigenvalue weighted by atomic mass is 10.1. The Kier molecular flexibility index (Phi) is 6.31. The van der Waals surface area contributed by atoms with Crippen molar-refractivity contribution in [2.75, 3.05) is 13.3 Å². The van der Waals surface area contributed by atoms with Gasteiger partial charge in [0.2, 0.25) is 5.91 Å². The highest BCUT2D eigenvalue weighted by atomic mass is 32.2. The van der Waals surface area contributed by atoms with Crippen molar-refractivity contribution < 1.29 is 18.0 Å². The van der Waals surface area contributed by atoms with Crippen LogP contribution in [0.2, 0.25) is 0 Å². The van der Waals surface area contributed by atoms with Gasteiger partial charge in [-0.2, -0.15) is 13.2 Å². The predicted octanol–water partition coefficient (Wildman–Crippen LogP) is 5.10. The number of benzene rings is 2. The van der Waals surface area contributed by atoms with Gasteiger partial charge in [0.25, 0.3) is 0 Å². The number of carbonyl (C=O) groups excluding carboxylic acids is 1. The maximum absolute atomic E-state index is 12.5. The van der Waals surface area contributed by atoms with Crippen molar-refractivity contribution in [3.05, 3.63) is 71.3 Å². The normalized spacial score (nSPS) is 11.7. The minimum atomic E-state index is -4.36. The average Bonchev–Trinajstić information content (AvgIpc) is 2.60. The molecule has 0 spiro atoms. The highest BCUT2D eigenvalue weighted by Crippen LogP contribution is 2.29. The average molecular weight is 365 g/mol. The molecule has 0 radical (unpaired) electrons. The molecule has 0 N–H and O–H groups in total. The molecule has 6 heteroatoms. The summed E-state index contributed by atoms with van der Waals surface area (Å²) in [5.41, 5.74) is 0.845. The summed E-state index contributed by atoms with van der Waals surface area (Å²) < 4.78 is 37.5. The van der Waals surface area contributed by atoms with Crippen LogP contribution in [-0.4, -0.2) is 24.1 Å². The number of nitrogens with zero attached hydrogens (tertiary/aromatic N) is 1. The van der Waals surface area contributed by atoms with Crippen molar-refractivity contribution in [1.29, 1.82) is 0 Å². The smallest absolute Gasteiger partial charge is 0.338 e. The van der Waals surface area contributed by atoms with E-state index in [9.17, 15) is 18.0 Å². The first-order chi connectivity index (χ1) is 11.8. The monoisotopic (exact) mass is 365 g/mol. The summed E-state index contributed by atoms with van der Waals surface area (Å²) in [4.78, 5) is 14.8. The zero-order chi connectivity index (χ0) is 18.4. The van der Waals surface area contributed by atoms with Crippen LogP contribution >= 0.6 is 11.8 Å². The number of thioether (sulfide) groups is 1. The first-order valence-corrected chi connectivity index (χ1v) is 8.75. The number of hydrogen-bond acceptors (Lipinski definition) is 2. The molecule has 0 bridgehead atoms. The molecular formula is C19H18F3NOS. The van der Waals surface area contributed by atoms with Gasteiger partial charge in [-0.25, -0.2) is 0 Å². The fourth-order valence-electron chi connectivity index (χ4n) is 2.16. The number of carbonyl (C=O) groups is 1. The van der Waals surface area contributed by atoms with Crippen LogP contribution in [0.25, 0.3) is 6.08 Å². The van der Waals surface area contributed by atoms with E-state index in [1.165, 1.54) is 24.3 Å². The third kappa shape index (κ3) is 5.67. The van der Waals surface area contributed by atoms with Crippen molar-refractivity contribution >= 4 is 23.7 Å². The highest BCUT2D eigenvalue weighted by molar-refractivity contribution is 7.98. The van der Waals surface area contributed by atoms with E-state index >= 15 is 0 Å². The number of halogens is 3. The molecule has 2 nitrogen and oxygen atoms in total. The first kappa shape index (κ1) is 19.1. The van der Waals surface area contributed by atoms with E-state index in [1.54, 1.807) is 23.7 Å². The van der Waals surface area contributed by atoms with Crippen molar-refractivity contribution in [2.24, 2.45) is 0 Å². The van der Waals surface area contributed by atoms with E-state index in [4.69, 9.17) is 0 Å². The van der Waals surface area contributed by atoms with Gasteiger partial charge in [-0.3, -0.25) is 4.79 Å². The van der Waals surface area contributed by atoms with Gasteiger partial charge in [0.1, 0.15) is 0 Å². The summed E-state index contributed by atoms with van der Waals surface area (Å²) in [5, 5.41) is 0. The summed E-state index contributed by atoms with van der Waals surface area (Å²) in [6, 6.07) is 12.6. The molecule has 0 heterocycles. The van der Waals surface area contributed by atoms with Crippen LogP contribution < -0.4 is 0 Å². The molecule has 0 fully saturated rings. The standard InChI is InChI=1S/C19H18F3NOS/c1-23(13-15-5-10-17(25-2)11-6-15)18(24)12-7-14-3-8-16(9-4-14)19(20,21)22/h3-12H,13H2,1-2H3/b12-7+. The van der Waals surface area contributed by atoms with Crippen molar-refractivity contribution in [1.82, 2.24) is 4.90 Å². The molecule has 0 aliphatic heterocycles. The van der Waals surface area contributed by atoms with Crippen LogP contribution in [0.1, 0.15) is 16.7 Å². The first-order valence-electron chi connectivity index (χ1n) is 7.53. The second-order valence-corrected chi connectivity index (χ2v) is 6.38. The number of amides is 1. The molecular weight excluding hydrogens is 347 g/mol. The van der Waals surface area contributed by atoms with E-state index in [0.717, 1.165) is 22.6 Å². The Morgan fingerprint density at radius 2 is 1.68 bits per heavy atom. The lowest BCUT2D eigenvalue weighted by Crippen LogP contribution is -2.24. The van der Waals surface area contributed by atoms with Gasteiger partial charge >= 0.3 is 6.18 Å². The van der Waals surface area contributed by atoms with Crippen molar-refractivity contribution in [3.63, 3.8) is 0 Å². The second-order valence-electron chi connectivity index (χ2n) is 5.50. The Morgan fingerprint density at radius 1 is 1.08 bits per heavy atom. The maximum Gasteiger partial charge on any atom is 0.416 e. The summed E-state index contributed by atoms with van der Waals surface area (Å²) in [6.07, 6.45) is 0.509. The quantitative estimate of drug-likeness (QED) is 0.543. The van der Waals surface area contributed by atoms with Crippen LogP contribution in [-0.2, 0) is 17.5 Å². The molecule has 0 unspecified atom stereocenters. The van der Waals surface area contributed by atoms with Gasteiger partial charge in [-0.05, 0) is 47.7 Å². The molecule has 2 rings (SSSR count). The predicted molar refractivity (Wildman–Crippen MR) is 95.2 cm³/mol. The molecule has 1 amide bonds. The molecule has 0 aliphatic rings. The zero-order valence-corrected chi connectivity index (χ0v) is 14.7. The molecule has 0 saturated carbocycles. The van der Waals surface area contributed by atoms with E-state index in [1.807, 2.05) is 30.5 Å². The molecule has 0 aromatic heterocycles. The van der Waals surface area contributed by atoms with E-state index in [2.05, 4.69) is 0 Å². The SMILES string of the molecule is CSc1ccc(CN(C)C(=O)/C=C/c2ccc(C(F)(F)F)cc2)cc1. The van der Waals surface area contributed by atoms with Crippen LogP contribution in [0.15, 0.2) is 59.5 Å². The number of rotatable bonds is 5. The van der Waals surface area contributed by atoms with Crippen molar-refractivity contribution in [2.45, 2.75) is 17.6 Å². The Balaban J connectivity index is 1.96. The molecule has 25 heavy (non-hydrogen) atoms. The van der Waals surface area contributed by atoms with E-state index in [0.29, 0.717) is 12.1 Å². The Bertz CT molecular complexity index is 737. The largest absolute Gasteiger partial charge is 0.416 e. The lowest BCUT2D eigenvalue weighted by Gasteiger charge is -2.15. The van der Waals surface area contributed by atoms with Gasteiger partial charge in [0, 0.05) is 24.6 Å². The number of likely N-dealkylation sites (N-methyl/N-ethyl adjacent to an activating group) is 1. The molecule has 0 atom stereocenters. The number of alkyl halides is 3. The topological polar surface area (TPSA) is 20.3 Å². The maximum atomic E-state index is 12.5. The van der Waals surface area contributed by atoms with Crippen LogP contribution in [0.3, 0.4) is 0 Å². The van der Waals surface area contributed by atoms with Gasteiger partial charge in [-0.1, -0.05) is 24.3 Å². The summed E-state index contributed by atoms with van der Waals surface area (Å²) in [7, 11) is 1.68. The Hall–Kier alpha value is -2.21. The molecule has 0 saturated heterocycles. The van der Waals surface area contributed by atoms with Crippen LogP contribution in [0.4, 0.5) is 13.2 Å². The van der Waals surface area contributed by atoms with Gasteiger partial charge in [0.15, 0.2) is 0 Å². The zero-order valence-electron chi connectivity index (χ0n) is 13.9. The molecule has 2 aromatic carbocycles. The van der Waals surface area contributed by atoms with E-state index < -0.39 is 11.7 Å². The Morgan fingerprint density at radius 3 is 2.20 bits per heavy atom. The van der Waals surface area contributed by atoms with Crippen LogP contribution in [0, 0.1) is 0 Å². The lowest BCUT2D eigenvalue weighted by molar-refractivity contribution is -0.137. The summed E-state index contributed by atoms with van der Waals surface area (Å²) >= 11 is 1.65. The van der Waals surface area contributed by atoms with Gasteiger partial charge in [0.05, 0.1) is 5.56 Å². The minimum absolute atomic E-state index is 0.214. The summed E-state index contributed by atoms with van der Waals surface area (Å²) in [6.45, 7) is 0.463. The molecule has 132 valence electrons. The molecule has 0 aliphatic carbocycles. The third-order valence-electron chi connectivity index (χ3n) is 3.61. The second kappa shape index (κ2) is 8.25. The van der Waals surface area contributed by atoms with Gasteiger partial charge in [-0.15, -0.1) is 11.8 Å². The molecule has 2 aromatic rings. The highest BCUT2D eigenvalue weighted by Gasteiger charge is 2.29.